The van der Waals surface area contributed by atoms with Gasteiger partial charge < -0.3 is 10.6 Å². The number of carbonyl (C=O) groups is 2. The van der Waals surface area contributed by atoms with Crippen LogP contribution in [0.1, 0.15) is 33.6 Å². The van der Waals surface area contributed by atoms with Gasteiger partial charge in [0, 0.05) is 5.56 Å². The van der Waals surface area contributed by atoms with Gasteiger partial charge in [-0.05, 0) is 24.6 Å². The summed E-state index contributed by atoms with van der Waals surface area (Å²) in [6.07, 6.45) is 0. The lowest BCUT2D eigenvalue weighted by atomic mass is 10.1. The summed E-state index contributed by atoms with van der Waals surface area (Å²) in [6, 6.07) is 17.7. The van der Waals surface area contributed by atoms with Crippen LogP contribution >= 0.6 is 0 Å². The third-order valence-electron chi connectivity index (χ3n) is 3.76. The van der Waals surface area contributed by atoms with Crippen molar-refractivity contribution in [1.82, 2.24) is 25.8 Å². The number of aromatic amines is 1. The number of amides is 2. The number of carbonyl (C=O) groups excluding carboxylic acids is 2. The van der Waals surface area contributed by atoms with Crippen LogP contribution < -0.4 is 10.6 Å². The van der Waals surface area contributed by atoms with Gasteiger partial charge in [0.2, 0.25) is 5.91 Å². The SMILES string of the molecule is Cc1nc([C@H](NC(=O)CNC(=O)c2ccccc2)c2ccccc2)n[nH]1. The molecule has 3 rings (SSSR count). The van der Waals surface area contributed by atoms with Crippen LogP contribution in [0.5, 0.6) is 0 Å². The smallest absolute Gasteiger partial charge is 0.251 e. The van der Waals surface area contributed by atoms with Crippen LogP contribution in [0.2, 0.25) is 0 Å². The van der Waals surface area contributed by atoms with E-state index in [1.807, 2.05) is 36.4 Å². The second-order valence-electron chi connectivity index (χ2n) is 5.74. The first-order chi connectivity index (χ1) is 12.6. The van der Waals surface area contributed by atoms with Crippen molar-refractivity contribution in [3.63, 3.8) is 0 Å². The molecule has 0 saturated carbocycles. The fraction of sp³-hybridized carbons (Fsp3) is 0.158. The summed E-state index contributed by atoms with van der Waals surface area (Å²) in [4.78, 5) is 28.7. The molecule has 2 amide bonds. The molecule has 0 saturated heterocycles. The summed E-state index contributed by atoms with van der Waals surface area (Å²) in [5.41, 5.74) is 1.36. The van der Waals surface area contributed by atoms with Gasteiger partial charge >= 0.3 is 0 Å². The van der Waals surface area contributed by atoms with Crippen molar-refractivity contribution >= 4 is 11.8 Å². The first-order valence-electron chi connectivity index (χ1n) is 8.20. The van der Waals surface area contributed by atoms with Crippen LogP contribution in [0.25, 0.3) is 0 Å². The molecule has 7 heteroatoms. The maximum Gasteiger partial charge on any atom is 0.251 e. The van der Waals surface area contributed by atoms with E-state index in [4.69, 9.17) is 0 Å². The van der Waals surface area contributed by atoms with E-state index in [0.29, 0.717) is 17.2 Å². The fourth-order valence-corrected chi connectivity index (χ4v) is 2.50. The molecule has 7 nitrogen and oxygen atoms in total. The zero-order valence-electron chi connectivity index (χ0n) is 14.3. The Kier molecular flexibility index (Phi) is 5.38. The van der Waals surface area contributed by atoms with Crippen LogP contribution in [0.4, 0.5) is 0 Å². The highest BCUT2D eigenvalue weighted by Gasteiger charge is 2.21. The van der Waals surface area contributed by atoms with Gasteiger partial charge in [0.15, 0.2) is 5.82 Å². The van der Waals surface area contributed by atoms with E-state index in [-0.39, 0.29) is 18.4 Å². The maximum absolute atomic E-state index is 12.4. The van der Waals surface area contributed by atoms with E-state index in [2.05, 4.69) is 25.8 Å². The topological polar surface area (TPSA) is 99.8 Å². The number of H-pyrrole nitrogens is 1. The Morgan fingerprint density at radius 2 is 1.69 bits per heavy atom. The van der Waals surface area contributed by atoms with Gasteiger partial charge in [-0.25, -0.2) is 4.98 Å². The summed E-state index contributed by atoms with van der Waals surface area (Å²) in [5, 5.41) is 12.4. The number of aromatic nitrogens is 3. The Morgan fingerprint density at radius 3 is 2.31 bits per heavy atom. The minimum atomic E-state index is -0.498. The Morgan fingerprint density at radius 1 is 1.04 bits per heavy atom. The molecule has 2 aromatic carbocycles. The summed E-state index contributed by atoms with van der Waals surface area (Å²) < 4.78 is 0. The Hall–Kier alpha value is -3.48. The van der Waals surface area contributed by atoms with Crippen LogP contribution in [-0.4, -0.2) is 33.5 Å². The molecule has 3 aromatic rings. The molecule has 0 aliphatic heterocycles. The van der Waals surface area contributed by atoms with E-state index < -0.39 is 6.04 Å². The molecular weight excluding hydrogens is 330 g/mol. The van der Waals surface area contributed by atoms with Gasteiger partial charge in [0.1, 0.15) is 11.9 Å². The highest BCUT2D eigenvalue weighted by atomic mass is 16.2. The van der Waals surface area contributed by atoms with Gasteiger partial charge in [-0.1, -0.05) is 48.5 Å². The minimum Gasteiger partial charge on any atom is -0.343 e. The first-order valence-corrected chi connectivity index (χ1v) is 8.20. The number of hydrogen-bond donors (Lipinski definition) is 3. The summed E-state index contributed by atoms with van der Waals surface area (Å²) in [5.74, 6) is 0.500. The molecule has 0 aliphatic rings. The van der Waals surface area contributed by atoms with E-state index in [9.17, 15) is 9.59 Å². The van der Waals surface area contributed by atoms with E-state index in [0.717, 1.165) is 5.56 Å². The molecule has 0 unspecified atom stereocenters. The molecule has 1 heterocycles. The molecule has 0 spiro atoms. The minimum absolute atomic E-state index is 0.138. The van der Waals surface area contributed by atoms with Crippen LogP contribution in [0, 0.1) is 6.92 Å². The number of nitrogens with one attached hydrogen (secondary N) is 3. The molecule has 0 bridgehead atoms. The van der Waals surface area contributed by atoms with Crippen molar-refractivity contribution in [2.45, 2.75) is 13.0 Å². The molecule has 0 aliphatic carbocycles. The molecular formula is C19H19N5O2. The highest BCUT2D eigenvalue weighted by molar-refractivity contribution is 5.96. The molecule has 132 valence electrons. The lowest BCUT2D eigenvalue weighted by Gasteiger charge is -2.16. The summed E-state index contributed by atoms with van der Waals surface area (Å²) >= 11 is 0. The molecule has 1 atom stereocenters. The Bertz CT molecular complexity index is 877. The van der Waals surface area contributed by atoms with Crippen molar-refractivity contribution in [2.24, 2.45) is 0 Å². The van der Waals surface area contributed by atoms with Crippen LogP contribution in [-0.2, 0) is 4.79 Å². The number of rotatable bonds is 6. The molecule has 26 heavy (non-hydrogen) atoms. The van der Waals surface area contributed by atoms with Crippen molar-refractivity contribution in [3.05, 3.63) is 83.4 Å². The summed E-state index contributed by atoms with van der Waals surface area (Å²) in [7, 11) is 0. The summed E-state index contributed by atoms with van der Waals surface area (Å²) in [6.45, 7) is 1.65. The predicted octanol–water partition coefficient (Wildman–Crippen LogP) is 1.75. The van der Waals surface area contributed by atoms with E-state index in [1.54, 1.807) is 31.2 Å². The van der Waals surface area contributed by atoms with Crippen LogP contribution in [0.3, 0.4) is 0 Å². The van der Waals surface area contributed by atoms with Crippen molar-refractivity contribution < 1.29 is 9.59 Å². The lowest BCUT2D eigenvalue weighted by molar-refractivity contribution is -0.120. The van der Waals surface area contributed by atoms with Crippen molar-refractivity contribution in [3.8, 4) is 0 Å². The second kappa shape index (κ2) is 8.06. The van der Waals surface area contributed by atoms with E-state index >= 15 is 0 Å². The molecule has 0 fully saturated rings. The second-order valence-corrected chi connectivity index (χ2v) is 5.74. The monoisotopic (exact) mass is 349 g/mol. The van der Waals surface area contributed by atoms with Crippen LogP contribution in [0.15, 0.2) is 60.7 Å². The van der Waals surface area contributed by atoms with Crippen molar-refractivity contribution in [1.29, 1.82) is 0 Å². The Labute approximate surface area is 150 Å². The maximum atomic E-state index is 12.4. The average molecular weight is 349 g/mol. The van der Waals surface area contributed by atoms with E-state index in [1.165, 1.54) is 0 Å². The zero-order chi connectivity index (χ0) is 18.4. The number of hydrogen-bond acceptors (Lipinski definition) is 4. The zero-order valence-corrected chi connectivity index (χ0v) is 14.3. The van der Waals surface area contributed by atoms with Gasteiger partial charge in [0.25, 0.3) is 5.91 Å². The molecule has 3 N–H and O–H groups in total. The number of nitrogens with zero attached hydrogens (tertiary/aromatic N) is 2. The van der Waals surface area contributed by atoms with Crippen molar-refractivity contribution in [2.75, 3.05) is 6.54 Å². The molecule has 0 radical (unpaired) electrons. The predicted molar refractivity (Wildman–Crippen MR) is 96.3 cm³/mol. The normalized spacial score (nSPS) is 11.6. The first kappa shape index (κ1) is 17.3. The van der Waals surface area contributed by atoms with Gasteiger partial charge in [-0.3, -0.25) is 14.7 Å². The number of aryl methyl sites for hydroxylation is 1. The third-order valence-corrected chi connectivity index (χ3v) is 3.76. The lowest BCUT2D eigenvalue weighted by Crippen LogP contribution is -2.39. The van der Waals surface area contributed by atoms with Gasteiger partial charge in [0.05, 0.1) is 6.54 Å². The Balaban J connectivity index is 1.67. The van der Waals surface area contributed by atoms with Gasteiger partial charge in [-0.15, -0.1) is 0 Å². The number of benzene rings is 2. The highest BCUT2D eigenvalue weighted by Crippen LogP contribution is 2.18. The largest absolute Gasteiger partial charge is 0.343 e. The van der Waals surface area contributed by atoms with Gasteiger partial charge in [-0.2, -0.15) is 5.10 Å². The quantitative estimate of drug-likeness (QED) is 0.631. The average Bonchev–Trinajstić information content (AvgIpc) is 3.11. The standard InChI is InChI=1S/C19H19N5O2/c1-13-21-18(24-23-13)17(14-8-4-2-5-9-14)22-16(25)12-20-19(26)15-10-6-3-7-11-15/h2-11,17H,12H2,1H3,(H,20,26)(H,22,25)(H,21,23,24)/t17-/m1/s1. The fourth-order valence-electron chi connectivity index (χ4n) is 2.50. The third kappa shape index (κ3) is 4.32. The molecule has 1 aromatic heterocycles.